The lowest BCUT2D eigenvalue weighted by Crippen LogP contribution is -2.14. The van der Waals surface area contributed by atoms with Gasteiger partial charge in [-0.2, -0.15) is 0 Å². The Hall–Kier alpha value is -1.62. The molecule has 5 nitrogen and oxygen atoms in total. The van der Waals surface area contributed by atoms with Gasteiger partial charge < -0.3 is 0 Å². The van der Waals surface area contributed by atoms with Gasteiger partial charge in [-0.1, -0.05) is 6.07 Å². The molecule has 13 heavy (non-hydrogen) atoms. The highest BCUT2D eigenvalue weighted by Crippen LogP contribution is 2.19. The summed E-state index contributed by atoms with van der Waals surface area (Å²) in [6.07, 6.45) is 0. The van der Waals surface area contributed by atoms with Crippen LogP contribution in [0.15, 0.2) is 24.3 Å². The van der Waals surface area contributed by atoms with E-state index < -0.39 is 4.92 Å². The number of benzene rings is 1. The molecule has 1 aromatic rings. The summed E-state index contributed by atoms with van der Waals surface area (Å²) in [6, 6.07) is 6.23. The molecule has 1 aromatic carbocycles. The van der Waals surface area contributed by atoms with Crippen molar-refractivity contribution in [3.05, 3.63) is 34.4 Å². The number of hydrogen-bond acceptors (Lipinski definition) is 4. The summed E-state index contributed by atoms with van der Waals surface area (Å²) in [5, 5.41) is 11.9. The van der Waals surface area contributed by atoms with Crippen molar-refractivity contribution in [2.45, 2.75) is 0 Å². The van der Waals surface area contributed by atoms with Crippen LogP contribution < -0.4 is 5.06 Å². The van der Waals surface area contributed by atoms with Crippen LogP contribution in [0, 0.1) is 10.1 Å². The second-order valence-electron chi connectivity index (χ2n) is 2.46. The molecule has 0 spiro atoms. The fourth-order valence-corrected chi connectivity index (χ4v) is 0.908. The van der Waals surface area contributed by atoms with E-state index in [1.54, 1.807) is 19.2 Å². The van der Waals surface area contributed by atoms with Gasteiger partial charge in [0.15, 0.2) is 0 Å². The maximum absolute atomic E-state index is 10.4. The minimum atomic E-state index is -0.438. The van der Waals surface area contributed by atoms with Crippen molar-refractivity contribution in [2.75, 3.05) is 19.2 Å². The molecule has 0 aliphatic carbocycles. The highest BCUT2D eigenvalue weighted by Gasteiger charge is 2.07. The summed E-state index contributed by atoms with van der Waals surface area (Å²) in [5.74, 6) is 0. The highest BCUT2D eigenvalue weighted by atomic mass is 16.7. The zero-order valence-electron chi connectivity index (χ0n) is 7.43. The van der Waals surface area contributed by atoms with E-state index in [0.717, 1.165) is 0 Å². The van der Waals surface area contributed by atoms with Crippen molar-refractivity contribution in [3.63, 3.8) is 0 Å². The summed E-state index contributed by atoms with van der Waals surface area (Å²) in [7, 11) is 3.18. The van der Waals surface area contributed by atoms with Crippen LogP contribution in [0.2, 0.25) is 0 Å². The molecule has 0 amide bonds. The van der Waals surface area contributed by atoms with Crippen LogP contribution in [-0.2, 0) is 4.84 Å². The van der Waals surface area contributed by atoms with E-state index in [2.05, 4.69) is 0 Å². The van der Waals surface area contributed by atoms with Crippen LogP contribution in [0.4, 0.5) is 11.4 Å². The fraction of sp³-hybridized carbons (Fsp3) is 0.250. The minimum Gasteiger partial charge on any atom is -0.277 e. The Morgan fingerprint density at radius 2 is 2.23 bits per heavy atom. The number of rotatable bonds is 3. The van der Waals surface area contributed by atoms with E-state index in [4.69, 9.17) is 4.84 Å². The maximum atomic E-state index is 10.4. The smallest absolute Gasteiger partial charge is 0.271 e. The van der Waals surface area contributed by atoms with E-state index in [0.29, 0.717) is 5.69 Å². The fourth-order valence-electron chi connectivity index (χ4n) is 0.908. The SMILES string of the molecule is CON(C)c1cccc([N+](=O)[O-])c1. The van der Waals surface area contributed by atoms with E-state index in [1.807, 2.05) is 0 Å². The van der Waals surface area contributed by atoms with Crippen molar-refractivity contribution in [1.82, 2.24) is 0 Å². The van der Waals surface area contributed by atoms with Crippen LogP contribution in [0.5, 0.6) is 0 Å². The number of nitrogens with zero attached hydrogens (tertiary/aromatic N) is 2. The molecule has 0 bridgehead atoms. The molecule has 0 saturated carbocycles. The molecule has 0 saturated heterocycles. The molecular formula is C8H10N2O3. The molecule has 0 aliphatic rings. The lowest BCUT2D eigenvalue weighted by Gasteiger charge is -2.14. The van der Waals surface area contributed by atoms with Crippen LogP contribution in [0.25, 0.3) is 0 Å². The normalized spacial score (nSPS) is 9.69. The van der Waals surface area contributed by atoms with Gasteiger partial charge in [-0.05, 0) is 6.07 Å². The number of non-ortho nitro benzene ring substituents is 1. The van der Waals surface area contributed by atoms with Gasteiger partial charge in [0, 0.05) is 19.2 Å². The first-order valence-corrected chi connectivity index (χ1v) is 3.67. The predicted molar refractivity (Wildman–Crippen MR) is 48.5 cm³/mol. The zero-order chi connectivity index (χ0) is 9.84. The van der Waals surface area contributed by atoms with Crippen LogP contribution in [-0.4, -0.2) is 19.1 Å². The highest BCUT2D eigenvalue weighted by molar-refractivity contribution is 5.50. The van der Waals surface area contributed by atoms with Crippen molar-refractivity contribution < 1.29 is 9.76 Å². The molecule has 0 heterocycles. The number of hydroxylamine groups is 1. The molecule has 5 heteroatoms. The predicted octanol–water partition coefficient (Wildman–Crippen LogP) is 1.59. The van der Waals surface area contributed by atoms with Crippen molar-refractivity contribution in [2.24, 2.45) is 0 Å². The number of hydrogen-bond donors (Lipinski definition) is 0. The minimum absolute atomic E-state index is 0.0569. The molecule has 70 valence electrons. The Labute approximate surface area is 75.6 Å². The van der Waals surface area contributed by atoms with Crippen LogP contribution in [0.1, 0.15) is 0 Å². The first-order chi connectivity index (χ1) is 6.15. The molecular weight excluding hydrogens is 172 g/mol. The average Bonchev–Trinajstić information content (AvgIpc) is 2.17. The Balaban J connectivity index is 2.98. The van der Waals surface area contributed by atoms with Gasteiger partial charge in [-0.15, -0.1) is 0 Å². The molecule has 0 unspecified atom stereocenters. The third-order valence-electron chi connectivity index (χ3n) is 1.68. The summed E-state index contributed by atoms with van der Waals surface area (Å²) < 4.78 is 0. The van der Waals surface area contributed by atoms with E-state index in [-0.39, 0.29) is 5.69 Å². The molecule has 1 rings (SSSR count). The second-order valence-corrected chi connectivity index (χ2v) is 2.46. The van der Waals surface area contributed by atoms with Gasteiger partial charge in [0.2, 0.25) is 0 Å². The van der Waals surface area contributed by atoms with Crippen molar-refractivity contribution in [3.8, 4) is 0 Å². The second kappa shape index (κ2) is 3.86. The van der Waals surface area contributed by atoms with E-state index >= 15 is 0 Å². The van der Waals surface area contributed by atoms with Gasteiger partial charge in [0.1, 0.15) is 0 Å². The molecule has 0 fully saturated rings. The standard InChI is InChI=1S/C8H10N2O3/c1-9(13-2)7-4-3-5-8(6-7)10(11)12/h3-6H,1-2H3. The third kappa shape index (κ3) is 2.16. The first kappa shape index (κ1) is 9.47. The quantitative estimate of drug-likeness (QED) is 0.526. The largest absolute Gasteiger partial charge is 0.277 e. The monoisotopic (exact) mass is 182 g/mol. The first-order valence-electron chi connectivity index (χ1n) is 3.67. The zero-order valence-corrected chi connectivity index (χ0v) is 7.43. The van der Waals surface area contributed by atoms with Gasteiger partial charge in [0.05, 0.1) is 17.7 Å². The molecule has 0 aromatic heterocycles. The molecule has 0 N–H and O–H groups in total. The average molecular weight is 182 g/mol. The third-order valence-corrected chi connectivity index (χ3v) is 1.68. The topological polar surface area (TPSA) is 55.6 Å². The summed E-state index contributed by atoms with van der Waals surface area (Å²) in [6.45, 7) is 0. The van der Waals surface area contributed by atoms with Gasteiger partial charge in [-0.25, -0.2) is 0 Å². The number of nitro groups is 1. The van der Waals surface area contributed by atoms with Crippen LogP contribution >= 0.6 is 0 Å². The van der Waals surface area contributed by atoms with Crippen LogP contribution in [0.3, 0.4) is 0 Å². The Morgan fingerprint density at radius 1 is 1.54 bits per heavy atom. The lowest BCUT2D eigenvalue weighted by molar-refractivity contribution is -0.384. The van der Waals surface area contributed by atoms with Gasteiger partial charge in [0.25, 0.3) is 5.69 Å². The van der Waals surface area contributed by atoms with Gasteiger partial charge >= 0.3 is 0 Å². The number of nitro benzene ring substituents is 1. The number of anilines is 1. The van der Waals surface area contributed by atoms with Crippen molar-refractivity contribution >= 4 is 11.4 Å². The summed E-state index contributed by atoms with van der Waals surface area (Å²) in [5.41, 5.74) is 0.707. The van der Waals surface area contributed by atoms with Gasteiger partial charge in [-0.3, -0.25) is 20.0 Å². The Kier molecular flexibility index (Phi) is 2.81. The summed E-state index contributed by atoms with van der Waals surface area (Å²) >= 11 is 0. The van der Waals surface area contributed by atoms with Crippen molar-refractivity contribution in [1.29, 1.82) is 0 Å². The Morgan fingerprint density at radius 3 is 2.77 bits per heavy atom. The molecule has 0 radical (unpaired) electrons. The Bertz CT molecular complexity index is 314. The maximum Gasteiger partial charge on any atom is 0.271 e. The van der Waals surface area contributed by atoms with E-state index in [9.17, 15) is 10.1 Å². The molecule has 0 aliphatic heterocycles. The lowest BCUT2D eigenvalue weighted by atomic mass is 10.3. The summed E-state index contributed by atoms with van der Waals surface area (Å²) in [4.78, 5) is 14.9. The molecule has 0 atom stereocenters. The van der Waals surface area contributed by atoms with E-state index in [1.165, 1.54) is 24.3 Å².